The lowest BCUT2D eigenvalue weighted by molar-refractivity contribution is -0.148. The van der Waals surface area contributed by atoms with Gasteiger partial charge in [0.05, 0.1) is 0 Å². The molecule has 1 aliphatic rings. The molecule has 0 fully saturated rings. The molecule has 0 unspecified atom stereocenters. The van der Waals surface area contributed by atoms with Crippen molar-refractivity contribution in [2.24, 2.45) is 0 Å². The van der Waals surface area contributed by atoms with Gasteiger partial charge in [0.1, 0.15) is 49.4 Å². The molecular weight excluding hydrogens is 1150 g/mol. The van der Waals surface area contributed by atoms with E-state index in [1.165, 1.54) is 0 Å². The maximum absolute atomic E-state index is 14.0. The van der Waals surface area contributed by atoms with E-state index >= 15 is 0 Å². The van der Waals surface area contributed by atoms with Crippen LogP contribution in [0.2, 0.25) is 0 Å². The van der Waals surface area contributed by atoms with Crippen LogP contribution in [0.3, 0.4) is 0 Å². The molecular formula is C80H88O12. The van der Waals surface area contributed by atoms with E-state index in [0.29, 0.717) is 23.0 Å². The third-order valence-electron chi connectivity index (χ3n) is 16.3. The maximum Gasteiger partial charge on any atom is 0.344 e. The van der Waals surface area contributed by atoms with E-state index < -0.39 is 72.0 Å². The Morgan fingerprint density at radius 2 is 0.435 bits per heavy atom. The summed E-state index contributed by atoms with van der Waals surface area (Å²) in [6.45, 7) is 24.5. The molecule has 0 radical (unpaired) electrons. The van der Waals surface area contributed by atoms with Crippen molar-refractivity contribution < 1.29 is 57.1 Å². The molecule has 0 amide bonds. The van der Waals surface area contributed by atoms with E-state index in [4.69, 9.17) is 37.9 Å². The van der Waals surface area contributed by atoms with Crippen molar-refractivity contribution in [1.29, 1.82) is 0 Å². The number of hydrogen-bond acceptors (Lipinski definition) is 12. The quantitative estimate of drug-likeness (QED) is 0.0529. The highest BCUT2D eigenvalue weighted by Gasteiger charge is 2.31. The second-order valence-corrected chi connectivity index (χ2v) is 27.9. The van der Waals surface area contributed by atoms with Crippen LogP contribution in [0.15, 0.2) is 170 Å². The predicted octanol–water partition coefficient (Wildman–Crippen LogP) is 16.0. The minimum atomic E-state index is -0.559. The van der Waals surface area contributed by atoms with Crippen LogP contribution < -0.4 is 18.9 Å². The molecule has 1 aliphatic carbocycles. The van der Waals surface area contributed by atoms with E-state index in [2.05, 4.69) is 132 Å². The SMILES string of the molecule is CC(C)(C)c1cc2c(OCC(=O)OCc3ccccc3)c(c1)Cc1cc(C(C)(C)C)cc(c1OCC(=O)OCc1ccccc1)Cc1cc(C(C)(C)C)cc(c1OCC(=O)OCc1ccccc1)Cc1cc(C(C)(C)C)cc(c1OCC(=O)OCc1ccccc1)C2. The number of fused-ring (bicyclic) bond motifs is 8. The van der Waals surface area contributed by atoms with Gasteiger partial charge in [0.25, 0.3) is 0 Å². The van der Waals surface area contributed by atoms with Gasteiger partial charge in [-0.05, 0) is 111 Å². The van der Waals surface area contributed by atoms with Gasteiger partial charge >= 0.3 is 23.9 Å². The first-order valence-corrected chi connectivity index (χ1v) is 31.7. The molecule has 0 spiro atoms. The first-order chi connectivity index (χ1) is 43.7. The summed E-state index contributed by atoms with van der Waals surface area (Å²) in [7, 11) is 0. The molecule has 0 saturated carbocycles. The van der Waals surface area contributed by atoms with Crippen molar-refractivity contribution in [3.05, 3.63) is 259 Å². The average Bonchev–Trinajstić information content (AvgIpc) is 0.780. The van der Waals surface area contributed by atoms with Crippen molar-refractivity contribution in [3.63, 3.8) is 0 Å². The highest BCUT2D eigenvalue weighted by Crippen LogP contribution is 2.45. The largest absolute Gasteiger partial charge is 0.481 e. The minimum absolute atomic E-state index is 0.0593. The number of ether oxygens (including phenoxy) is 8. The monoisotopic (exact) mass is 1240 g/mol. The van der Waals surface area contributed by atoms with Gasteiger partial charge in [-0.3, -0.25) is 0 Å². The van der Waals surface area contributed by atoms with Gasteiger partial charge < -0.3 is 37.9 Å². The molecule has 8 aromatic carbocycles. The van der Waals surface area contributed by atoms with E-state index in [1.54, 1.807) is 0 Å². The summed E-state index contributed by atoms with van der Waals surface area (Å²) in [4.78, 5) is 56.1. The van der Waals surface area contributed by atoms with Crippen LogP contribution in [-0.4, -0.2) is 50.3 Å². The number of carbonyl (C=O) groups excluding carboxylic acids is 4. The van der Waals surface area contributed by atoms with Crippen LogP contribution in [0, 0.1) is 0 Å². The van der Waals surface area contributed by atoms with E-state index in [1.807, 2.05) is 121 Å². The third kappa shape index (κ3) is 18.5. The van der Waals surface area contributed by atoms with Crippen LogP contribution >= 0.6 is 0 Å². The second-order valence-electron chi connectivity index (χ2n) is 27.9. The minimum Gasteiger partial charge on any atom is -0.481 e. The molecule has 0 N–H and O–H groups in total. The molecule has 8 aromatic rings. The molecule has 9 rings (SSSR count). The Balaban J connectivity index is 1.29. The van der Waals surface area contributed by atoms with Crippen molar-refractivity contribution in [3.8, 4) is 23.0 Å². The number of esters is 4. The summed E-state index contributed by atoms with van der Waals surface area (Å²) in [6, 6.07) is 55.1. The standard InChI is InChI=1S/C80H88O12/c1-77(2,3)65-37-57-33-59-39-66(78(4,5)6)41-61(74(59)90-50-70(82)86-46-54-27-19-14-20-28-54)35-63-43-68(80(10,11)12)44-64(76(63)92-52-72(84)88-48-56-31-23-16-24-32-56)36-62-42-67(79(7,8)9)40-60(75(62)91-51-71(83)87-47-55-29-21-15-22-30-55)34-58(38-65)73(57)89-49-69(81)85-45-53-25-17-13-18-26-53/h13-32,37-44H,33-36,45-52H2,1-12H3. The lowest BCUT2D eigenvalue weighted by atomic mass is 9.79. The average molecular weight is 1240 g/mol. The zero-order valence-corrected chi connectivity index (χ0v) is 55.6. The van der Waals surface area contributed by atoms with Gasteiger partial charge in [-0.2, -0.15) is 0 Å². The molecule has 480 valence electrons. The Morgan fingerprint density at radius 3 is 0.587 bits per heavy atom. The van der Waals surface area contributed by atoms with Crippen molar-refractivity contribution in [2.75, 3.05) is 26.4 Å². The molecule has 0 saturated heterocycles. The summed E-state index contributed by atoms with van der Waals surface area (Å²) < 4.78 is 51.1. The smallest absolute Gasteiger partial charge is 0.344 e. The number of carbonyl (C=O) groups is 4. The fraction of sp³-hybridized carbons (Fsp3) is 0.350. The first-order valence-electron chi connectivity index (χ1n) is 31.7. The molecule has 12 heteroatoms. The fourth-order valence-corrected chi connectivity index (χ4v) is 11.0. The Labute approximate surface area is 543 Å². The van der Waals surface area contributed by atoms with Gasteiger partial charge in [0.2, 0.25) is 0 Å². The molecule has 0 atom stereocenters. The summed E-state index contributed by atoms with van der Waals surface area (Å²) in [5, 5.41) is 0. The topological polar surface area (TPSA) is 142 Å². The molecule has 0 heterocycles. The van der Waals surface area contributed by atoms with Gasteiger partial charge in [-0.1, -0.05) is 253 Å². The fourth-order valence-electron chi connectivity index (χ4n) is 11.0. The van der Waals surface area contributed by atoms with E-state index in [-0.39, 0.29) is 52.1 Å². The predicted molar refractivity (Wildman–Crippen MR) is 359 cm³/mol. The van der Waals surface area contributed by atoms with E-state index in [0.717, 1.165) is 89.0 Å². The van der Waals surface area contributed by atoms with Crippen LogP contribution in [0.1, 0.15) is 172 Å². The number of hydrogen-bond donors (Lipinski definition) is 0. The van der Waals surface area contributed by atoms with Gasteiger partial charge in [-0.15, -0.1) is 0 Å². The summed E-state index contributed by atoms with van der Waals surface area (Å²) in [5.41, 5.74) is 11.7. The summed E-state index contributed by atoms with van der Waals surface area (Å²) in [5.74, 6) is -0.390. The van der Waals surface area contributed by atoms with Crippen molar-refractivity contribution >= 4 is 23.9 Å². The summed E-state index contributed by atoms with van der Waals surface area (Å²) >= 11 is 0. The Kier molecular flexibility index (Phi) is 21.5. The zero-order valence-electron chi connectivity index (χ0n) is 55.6. The van der Waals surface area contributed by atoms with Crippen molar-refractivity contribution in [2.45, 2.75) is 157 Å². The number of rotatable bonds is 20. The van der Waals surface area contributed by atoms with Crippen LogP contribution in [0.25, 0.3) is 0 Å². The normalized spacial score (nSPS) is 12.5. The summed E-state index contributed by atoms with van der Waals surface area (Å²) in [6.07, 6.45) is 0.851. The van der Waals surface area contributed by atoms with E-state index in [9.17, 15) is 19.2 Å². The Morgan fingerprint density at radius 1 is 0.272 bits per heavy atom. The Hall–Kier alpha value is -9.16. The lowest BCUT2D eigenvalue weighted by Crippen LogP contribution is -2.21. The molecule has 8 bridgehead atoms. The molecule has 12 nitrogen and oxygen atoms in total. The zero-order chi connectivity index (χ0) is 65.8. The van der Waals surface area contributed by atoms with Crippen molar-refractivity contribution in [1.82, 2.24) is 0 Å². The van der Waals surface area contributed by atoms with Gasteiger partial charge in [0, 0.05) is 25.7 Å². The van der Waals surface area contributed by atoms with Gasteiger partial charge in [0.15, 0.2) is 26.4 Å². The maximum atomic E-state index is 14.0. The molecule has 0 aliphatic heterocycles. The first kappa shape index (κ1) is 67.2. The Bertz CT molecular complexity index is 3260. The third-order valence-corrected chi connectivity index (χ3v) is 16.3. The highest BCUT2D eigenvalue weighted by molar-refractivity contribution is 5.74. The van der Waals surface area contributed by atoms with Crippen LogP contribution in [0.4, 0.5) is 0 Å². The lowest BCUT2D eigenvalue weighted by Gasteiger charge is -2.29. The van der Waals surface area contributed by atoms with Crippen LogP contribution in [0.5, 0.6) is 23.0 Å². The molecule has 0 aromatic heterocycles. The highest BCUT2D eigenvalue weighted by atomic mass is 16.6. The molecule has 92 heavy (non-hydrogen) atoms. The number of benzene rings is 8. The van der Waals surface area contributed by atoms with Crippen LogP contribution in [-0.2, 0) is 112 Å². The second kappa shape index (κ2) is 29.4. The van der Waals surface area contributed by atoms with Gasteiger partial charge in [-0.25, -0.2) is 19.2 Å².